The summed E-state index contributed by atoms with van der Waals surface area (Å²) in [6, 6.07) is 10.1. The van der Waals surface area contributed by atoms with Crippen LogP contribution < -0.4 is 5.32 Å². The first-order valence-electron chi connectivity index (χ1n) is 11.6. The van der Waals surface area contributed by atoms with Crippen LogP contribution in [0, 0.1) is 0 Å². The van der Waals surface area contributed by atoms with E-state index in [-0.39, 0.29) is 18.0 Å². The highest BCUT2D eigenvalue weighted by molar-refractivity contribution is 7.88. The van der Waals surface area contributed by atoms with Crippen molar-refractivity contribution < 1.29 is 13.2 Å². The SMILES string of the molecule is CC(NC(=O)C(C)(CCN1CCN(S(C)(=O)=O)[C@@H](C)C1)c1ccc(Cl)c(Cl)c1)c1ccc(Cl)c(Cl)c1. The van der Waals surface area contributed by atoms with Crippen LogP contribution in [0.15, 0.2) is 36.4 Å². The van der Waals surface area contributed by atoms with Crippen LogP contribution >= 0.6 is 46.4 Å². The van der Waals surface area contributed by atoms with E-state index in [0.717, 1.165) is 11.1 Å². The number of halogens is 4. The Morgan fingerprint density at radius 3 is 2.22 bits per heavy atom. The smallest absolute Gasteiger partial charge is 0.230 e. The zero-order chi connectivity index (χ0) is 26.8. The lowest BCUT2D eigenvalue weighted by atomic mass is 9.78. The molecular weight excluding hydrogens is 564 g/mol. The third-order valence-corrected chi connectivity index (χ3v) is 9.73. The highest BCUT2D eigenvalue weighted by Gasteiger charge is 2.38. The van der Waals surface area contributed by atoms with Crippen LogP contribution in [-0.2, 0) is 20.2 Å². The van der Waals surface area contributed by atoms with Gasteiger partial charge >= 0.3 is 0 Å². The number of rotatable bonds is 8. The molecule has 6 nitrogen and oxygen atoms in total. The molecule has 1 saturated heterocycles. The predicted molar refractivity (Wildman–Crippen MR) is 149 cm³/mol. The highest BCUT2D eigenvalue weighted by atomic mass is 35.5. The standard InChI is InChI=1S/C25H31Cl4N3O3S/c1-16-15-31(11-12-32(16)36(4,34)35)10-9-25(3,19-6-8-21(27)23(29)14-19)24(33)30-17(2)18-5-7-20(26)22(28)13-18/h5-8,13-14,16-17H,9-12,15H2,1-4H3,(H,30,33)/t16-,17?,25?/m0/s1. The van der Waals surface area contributed by atoms with E-state index in [0.29, 0.717) is 52.7 Å². The van der Waals surface area contributed by atoms with Crippen molar-refractivity contribution in [2.75, 3.05) is 32.4 Å². The van der Waals surface area contributed by atoms with Crippen molar-refractivity contribution in [3.05, 3.63) is 67.6 Å². The first-order valence-corrected chi connectivity index (χ1v) is 15.0. The second-order valence-electron chi connectivity index (χ2n) is 9.60. The zero-order valence-electron chi connectivity index (χ0n) is 20.7. The first kappa shape index (κ1) is 29.5. The summed E-state index contributed by atoms with van der Waals surface area (Å²) in [4.78, 5) is 16.0. The number of nitrogens with one attached hydrogen (secondary N) is 1. The monoisotopic (exact) mass is 593 g/mol. The molecule has 3 atom stereocenters. The van der Waals surface area contributed by atoms with E-state index >= 15 is 0 Å². The number of piperazine rings is 1. The summed E-state index contributed by atoms with van der Waals surface area (Å²) in [6.07, 6.45) is 1.73. The zero-order valence-corrected chi connectivity index (χ0v) is 24.5. The maximum absolute atomic E-state index is 13.8. The molecule has 2 aromatic carbocycles. The molecule has 1 amide bonds. The minimum Gasteiger partial charge on any atom is -0.349 e. The van der Waals surface area contributed by atoms with E-state index < -0.39 is 15.4 Å². The Bertz CT molecular complexity index is 1230. The van der Waals surface area contributed by atoms with E-state index in [1.54, 1.807) is 24.3 Å². The number of carbonyl (C=O) groups is 1. The van der Waals surface area contributed by atoms with Crippen LogP contribution in [0.25, 0.3) is 0 Å². The molecule has 1 fully saturated rings. The van der Waals surface area contributed by atoms with Crippen molar-refractivity contribution in [3.63, 3.8) is 0 Å². The molecule has 3 rings (SSSR count). The average molecular weight is 595 g/mol. The molecule has 1 N–H and O–H groups in total. The van der Waals surface area contributed by atoms with Gasteiger partial charge in [-0.15, -0.1) is 0 Å². The largest absolute Gasteiger partial charge is 0.349 e. The van der Waals surface area contributed by atoms with Gasteiger partial charge in [0.1, 0.15) is 0 Å². The Balaban J connectivity index is 1.81. The van der Waals surface area contributed by atoms with Gasteiger partial charge in [0.15, 0.2) is 0 Å². The molecule has 0 aliphatic carbocycles. The maximum atomic E-state index is 13.8. The molecule has 2 unspecified atom stereocenters. The highest BCUT2D eigenvalue weighted by Crippen LogP contribution is 2.34. The second kappa shape index (κ2) is 11.8. The first-order chi connectivity index (χ1) is 16.7. The van der Waals surface area contributed by atoms with Crippen molar-refractivity contribution in [2.24, 2.45) is 0 Å². The van der Waals surface area contributed by atoms with Crippen molar-refractivity contribution in [3.8, 4) is 0 Å². The molecular formula is C25H31Cl4N3O3S. The Morgan fingerprint density at radius 1 is 1.06 bits per heavy atom. The van der Waals surface area contributed by atoms with Gasteiger partial charge in [-0.1, -0.05) is 58.5 Å². The third-order valence-electron chi connectivity index (χ3n) is 6.85. The fourth-order valence-corrected chi connectivity index (χ4v) is 6.28. The number of hydrogen-bond acceptors (Lipinski definition) is 4. The molecule has 11 heteroatoms. The number of nitrogens with zero attached hydrogens (tertiary/aromatic N) is 2. The lowest BCUT2D eigenvalue weighted by Crippen LogP contribution is -2.54. The molecule has 0 aromatic heterocycles. The van der Waals surface area contributed by atoms with Crippen LogP contribution in [-0.4, -0.2) is 62.0 Å². The summed E-state index contributed by atoms with van der Waals surface area (Å²) >= 11 is 24.7. The molecule has 1 aliphatic rings. The number of sulfonamides is 1. The van der Waals surface area contributed by atoms with E-state index in [9.17, 15) is 13.2 Å². The molecule has 0 saturated carbocycles. The summed E-state index contributed by atoms with van der Waals surface area (Å²) in [6.45, 7) is 7.88. The molecule has 198 valence electrons. The average Bonchev–Trinajstić information content (AvgIpc) is 2.80. The van der Waals surface area contributed by atoms with Crippen LogP contribution in [0.3, 0.4) is 0 Å². The lowest BCUT2D eigenvalue weighted by molar-refractivity contribution is -0.127. The summed E-state index contributed by atoms with van der Waals surface area (Å²) in [5.41, 5.74) is 0.661. The number of benzene rings is 2. The predicted octanol–water partition coefficient (Wildman–Crippen LogP) is 5.79. The van der Waals surface area contributed by atoms with E-state index in [1.807, 2.05) is 32.9 Å². The second-order valence-corrected chi connectivity index (χ2v) is 13.2. The third kappa shape index (κ3) is 6.87. The van der Waals surface area contributed by atoms with Gasteiger partial charge in [-0.3, -0.25) is 4.79 Å². The van der Waals surface area contributed by atoms with Gasteiger partial charge in [-0.2, -0.15) is 4.31 Å². The van der Waals surface area contributed by atoms with E-state index in [1.165, 1.54) is 10.6 Å². The molecule has 36 heavy (non-hydrogen) atoms. The van der Waals surface area contributed by atoms with Gasteiger partial charge < -0.3 is 10.2 Å². The normalized spacial score (nSPS) is 20.1. The Morgan fingerprint density at radius 2 is 1.67 bits per heavy atom. The number of amides is 1. The molecule has 0 radical (unpaired) electrons. The molecule has 0 spiro atoms. The van der Waals surface area contributed by atoms with E-state index in [2.05, 4.69) is 10.2 Å². The quantitative estimate of drug-likeness (QED) is 0.420. The van der Waals surface area contributed by atoms with Crippen molar-refractivity contribution in [2.45, 2.75) is 44.7 Å². The minimum atomic E-state index is -3.26. The molecule has 1 aliphatic heterocycles. The lowest BCUT2D eigenvalue weighted by Gasteiger charge is -2.40. The Kier molecular flexibility index (Phi) is 9.64. The van der Waals surface area contributed by atoms with Crippen LogP contribution in [0.4, 0.5) is 0 Å². The van der Waals surface area contributed by atoms with Gasteiger partial charge in [0.05, 0.1) is 37.8 Å². The molecule has 2 aromatic rings. The van der Waals surface area contributed by atoms with Gasteiger partial charge in [-0.05, 0) is 69.1 Å². The van der Waals surface area contributed by atoms with Crippen LogP contribution in [0.2, 0.25) is 20.1 Å². The Labute approximate surface area is 233 Å². The summed E-state index contributed by atoms with van der Waals surface area (Å²) < 4.78 is 25.6. The van der Waals surface area contributed by atoms with Crippen molar-refractivity contribution in [1.29, 1.82) is 0 Å². The Hall–Kier alpha value is -1.06. The van der Waals surface area contributed by atoms with Crippen molar-refractivity contribution >= 4 is 62.3 Å². The van der Waals surface area contributed by atoms with Gasteiger partial charge in [0.25, 0.3) is 0 Å². The fourth-order valence-electron chi connectivity index (χ4n) is 4.54. The van der Waals surface area contributed by atoms with Gasteiger partial charge in [0, 0.05) is 25.7 Å². The molecule has 0 bridgehead atoms. The van der Waals surface area contributed by atoms with E-state index in [4.69, 9.17) is 46.4 Å². The molecule has 1 heterocycles. The number of carbonyl (C=O) groups excluding carboxylic acids is 1. The maximum Gasteiger partial charge on any atom is 0.230 e. The summed E-state index contributed by atoms with van der Waals surface area (Å²) in [5.74, 6) is -0.165. The summed E-state index contributed by atoms with van der Waals surface area (Å²) in [7, 11) is -3.26. The van der Waals surface area contributed by atoms with Crippen LogP contribution in [0.1, 0.15) is 44.4 Å². The topological polar surface area (TPSA) is 69.7 Å². The van der Waals surface area contributed by atoms with Gasteiger partial charge in [-0.25, -0.2) is 8.42 Å². The fraction of sp³-hybridized carbons (Fsp3) is 0.480. The number of hydrogen-bond donors (Lipinski definition) is 1. The minimum absolute atomic E-state index is 0.145. The van der Waals surface area contributed by atoms with Crippen molar-refractivity contribution in [1.82, 2.24) is 14.5 Å². The van der Waals surface area contributed by atoms with Crippen LogP contribution in [0.5, 0.6) is 0 Å². The summed E-state index contributed by atoms with van der Waals surface area (Å²) in [5, 5.41) is 4.78. The van der Waals surface area contributed by atoms with Gasteiger partial charge in [0.2, 0.25) is 15.9 Å².